The molecule has 0 saturated carbocycles. The Labute approximate surface area is 186 Å². The van der Waals surface area contributed by atoms with Crippen molar-refractivity contribution in [3.63, 3.8) is 0 Å². The van der Waals surface area contributed by atoms with Crippen LogP contribution < -0.4 is 9.47 Å². The number of aromatic nitrogens is 1. The maximum Gasteiger partial charge on any atom is 0.254 e. The molecule has 1 aromatic heterocycles. The Kier molecular flexibility index (Phi) is 7.17. The van der Waals surface area contributed by atoms with Gasteiger partial charge in [0, 0.05) is 36.2 Å². The second kappa shape index (κ2) is 10.4. The fraction of sp³-hybridized carbons (Fsp3) is 0.333. The molecule has 7 heteroatoms. The highest BCUT2D eigenvalue weighted by Gasteiger charge is 2.24. The number of carbonyl (C=O) groups excluding carboxylic acids is 1. The molecule has 1 aliphatic heterocycles. The SMILES string of the molecule is COc1ccccc1CN(CC1CCCO1)C(=O)c1cccc(OCc2cscn2)c1. The topological polar surface area (TPSA) is 60.9 Å². The highest BCUT2D eigenvalue weighted by Crippen LogP contribution is 2.24. The van der Waals surface area contributed by atoms with Crippen LogP contribution in [0.15, 0.2) is 59.4 Å². The minimum atomic E-state index is -0.0551. The number of hydrogen-bond donors (Lipinski definition) is 0. The fourth-order valence-corrected chi connectivity index (χ4v) is 4.20. The van der Waals surface area contributed by atoms with Crippen molar-refractivity contribution in [2.24, 2.45) is 0 Å². The lowest BCUT2D eigenvalue weighted by Gasteiger charge is -2.26. The first-order valence-corrected chi connectivity index (χ1v) is 11.3. The van der Waals surface area contributed by atoms with Gasteiger partial charge in [-0.2, -0.15) is 0 Å². The molecule has 6 nitrogen and oxygen atoms in total. The van der Waals surface area contributed by atoms with Gasteiger partial charge in [0.25, 0.3) is 5.91 Å². The molecule has 1 atom stereocenters. The smallest absolute Gasteiger partial charge is 0.254 e. The van der Waals surface area contributed by atoms with Gasteiger partial charge in [0.15, 0.2) is 0 Å². The average molecular weight is 439 g/mol. The van der Waals surface area contributed by atoms with Gasteiger partial charge in [0.1, 0.15) is 18.1 Å². The van der Waals surface area contributed by atoms with Crippen LogP contribution in [0.4, 0.5) is 0 Å². The van der Waals surface area contributed by atoms with E-state index in [1.807, 2.05) is 52.7 Å². The van der Waals surface area contributed by atoms with Crippen LogP contribution in [0.1, 0.15) is 34.5 Å². The Hall–Kier alpha value is -2.90. The van der Waals surface area contributed by atoms with Crippen molar-refractivity contribution in [1.82, 2.24) is 9.88 Å². The summed E-state index contributed by atoms with van der Waals surface area (Å²) in [4.78, 5) is 19.6. The number of hydrogen-bond acceptors (Lipinski definition) is 6. The highest BCUT2D eigenvalue weighted by molar-refractivity contribution is 7.07. The van der Waals surface area contributed by atoms with Gasteiger partial charge >= 0.3 is 0 Å². The largest absolute Gasteiger partial charge is 0.496 e. The molecular weight excluding hydrogens is 412 g/mol. The minimum Gasteiger partial charge on any atom is -0.496 e. The molecular formula is C24H26N2O4S. The van der Waals surface area contributed by atoms with Crippen LogP contribution in [-0.4, -0.2) is 42.2 Å². The first kappa shape index (κ1) is 21.3. The number of thiazole rings is 1. The summed E-state index contributed by atoms with van der Waals surface area (Å²) in [5.41, 5.74) is 4.20. The van der Waals surface area contributed by atoms with Gasteiger partial charge in [-0.25, -0.2) is 4.98 Å². The van der Waals surface area contributed by atoms with E-state index >= 15 is 0 Å². The molecule has 3 aromatic rings. The quantitative estimate of drug-likeness (QED) is 0.490. The Morgan fingerprint density at radius 3 is 2.94 bits per heavy atom. The van der Waals surface area contributed by atoms with Crippen molar-refractivity contribution in [3.8, 4) is 11.5 Å². The van der Waals surface area contributed by atoms with Crippen LogP contribution in [-0.2, 0) is 17.9 Å². The van der Waals surface area contributed by atoms with Gasteiger partial charge in [-0.15, -0.1) is 11.3 Å². The standard InChI is InChI=1S/C24H26N2O4S/c1-28-23-10-3-2-6-19(23)13-26(14-22-9-5-11-29-22)24(27)18-7-4-8-21(12-18)30-15-20-16-31-17-25-20/h2-4,6-8,10,12,16-17,22H,5,9,11,13-15H2,1H3. The Morgan fingerprint density at radius 1 is 1.26 bits per heavy atom. The summed E-state index contributed by atoms with van der Waals surface area (Å²) in [6.45, 7) is 2.12. The predicted octanol–water partition coefficient (Wildman–Crippen LogP) is 4.55. The average Bonchev–Trinajstić information content (AvgIpc) is 3.52. The van der Waals surface area contributed by atoms with E-state index in [0.29, 0.717) is 31.0 Å². The monoisotopic (exact) mass is 438 g/mol. The third kappa shape index (κ3) is 5.62. The van der Waals surface area contributed by atoms with Gasteiger partial charge in [-0.05, 0) is 37.1 Å². The zero-order valence-corrected chi connectivity index (χ0v) is 18.3. The Bertz CT molecular complexity index is 987. The number of ether oxygens (including phenoxy) is 3. The molecule has 4 rings (SSSR count). The third-order valence-electron chi connectivity index (χ3n) is 5.24. The zero-order valence-electron chi connectivity index (χ0n) is 17.5. The molecule has 0 spiro atoms. The van der Waals surface area contributed by atoms with Gasteiger partial charge in [-0.1, -0.05) is 24.3 Å². The maximum absolute atomic E-state index is 13.5. The van der Waals surface area contributed by atoms with Crippen molar-refractivity contribution >= 4 is 17.2 Å². The lowest BCUT2D eigenvalue weighted by atomic mass is 10.1. The first-order valence-electron chi connectivity index (χ1n) is 10.4. The maximum atomic E-state index is 13.5. The van der Waals surface area contributed by atoms with Crippen LogP contribution >= 0.6 is 11.3 Å². The fourth-order valence-electron chi connectivity index (χ4n) is 3.66. The second-order valence-electron chi connectivity index (χ2n) is 7.43. The number of rotatable bonds is 9. The lowest BCUT2D eigenvalue weighted by Crippen LogP contribution is -2.37. The summed E-state index contributed by atoms with van der Waals surface area (Å²) >= 11 is 1.53. The summed E-state index contributed by atoms with van der Waals surface area (Å²) in [7, 11) is 1.65. The predicted molar refractivity (Wildman–Crippen MR) is 120 cm³/mol. The van der Waals surface area contributed by atoms with E-state index in [9.17, 15) is 4.79 Å². The number of amides is 1. The minimum absolute atomic E-state index is 0.0551. The summed E-state index contributed by atoms with van der Waals surface area (Å²) in [5, 5.41) is 1.95. The molecule has 2 heterocycles. The lowest BCUT2D eigenvalue weighted by molar-refractivity contribution is 0.0505. The van der Waals surface area contributed by atoms with E-state index in [2.05, 4.69) is 4.98 Å². The van der Waals surface area contributed by atoms with Crippen molar-refractivity contribution < 1.29 is 19.0 Å². The number of carbonyl (C=O) groups is 1. The third-order valence-corrected chi connectivity index (χ3v) is 5.88. The zero-order chi connectivity index (χ0) is 21.5. The summed E-state index contributed by atoms with van der Waals surface area (Å²) in [6.07, 6.45) is 2.05. The molecule has 1 aliphatic rings. The van der Waals surface area contributed by atoms with E-state index in [0.717, 1.165) is 36.5 Å². The molecule has 31 heavy (non-hydrogen) atoms. The normalized spacial score (nSPS) is 15.6. The number of nitrogens with zero attached hydrogens (tertiary/aromatic N) is 2. The van der Waals surface area contributed by atoms with Gasteiger partial charge in [0.2, 0.25) is 0 Å². The van der Waals surface area contributed by atoms with E-state index in [4.69, 9.17) is 14.2 Å². The van der Waals surface area contributed by atoms with E-state index in [1.165, 1.54) is 11.3 Å². The van der Waals surface area contributed by atoms with Gasteiger partial charge < -0.3 is 19.1 Å². The first-order chi connectivity index (χ1) is 15.2. The number of methoxy groups -OCH3 is 1. The molecule has 1 saturated heterocycles. The molecule has 0 bridgehead atoms. The van der Waals surface area contributed by atoms with Crippen LogP contribution in [0.25, 0.3) is 0 Å². The molecule has 0 N–H and O–H groups in total. The van der Waals surface area contributed by atoms with E-state index in [-0.39, 0.29) is 12.0 Å². The van der Waals surface area contributed by atoms with Gasteiger partial charge in [-0.3, -0.25) is 4.79 Å². The Morgan fingerprint density at radius 2 is 2.16 bits per heavy atom. The molecule has 1 fully saturated rings. The van der Waals surface area contributed by atoms with E-state index < -0.39 is 0 Å². The van der Waals surface area contributed by atoms with Crippen molar-refractivity contribution in [2.45, 2.75) is 32.1 Å². The highest BCUT2D eigenvalue weighted by atomic mass is 32.1. The summed E-state index contributed by atoms with van der Waals surface area (Å²) < 4.78 is 17.1. The van der Waals surface area contributed by atoms with Crippen LogP contribution in [0.2, 0.25) is 0 Å². The molecule has 0 radical (unpaired) electrons. The second-order valence-corrected chi connectivity index (χ2v) is 8.15. The molecule has 2 aromatic carbocycles. The summed E-state index contributed by atoms with van der Waals surface area (Å²) in [6, 6.07) is 15.1. The number of benzene rings is 2. The molecule has 162 valence electrons. The van der Waals surface area contributed by atoms with Crippen molar-refractivity contribution in [2.75, 3.05) is 20.3 Å². The number of para-hydroxylation sites is 1. The van der Waals surface area contributed by atoms with Crippen molar-refractivity contribution in [1.29, 1.82) is 0 Å². The van der Waals surface area contributed by atoms with Gasteiger partial charge in [0.05, 0.1) is 24.4 Å². The molecule has 1 amide bonds. The molecule has 0 aliphatic carbocycles. The summed E-state index contributed by atoms with van der Waals surface area (Å²) in [5.74, 6) is 1.36. The van der Waals surface area contributed by atoms with Crippen molar-refractivity contribution in [3.05, 3.63) is 76.2 Å². The Balaban J connectivity index is 1.52. The molecule has 1 unspecified atom stereocenters. The van der Waals surface area contributed by atoms with Crippen LogP contribution in [0, 0.1) is 0 Å². The van der Waals surface area contributed by atoms with E-state index in [1.54, 1.807) is 18.7 Å². The van der Waals surface area contributed by atoms with Crippen LogP contribution in [0.5, 0.6) is 11.5 Å². The van der Waals surface area contributed by atoms with Crippen LogP contribution in [0.3, 0.4) is 0 Å².